The summed E-state index contributed by atoms with van der Waals surface area (Å²) in [5, 5.41) is 12.8. The maximum atomic E-state index is 14.4. The number of fused-ring (bicyclic) bond motifs is 1. The van der Waals surface area contributed by atoms with Crippen molar-refractivity contribution in [1.82, 2.24) is 10.2 Å². The van der Waals surface area contributed by atoms with Crippen LogP contribution in [0.25, 0.3) is 6.08 Å². The van der Waals surface area contributed by atoms with Gasteiger partial charge >= 0.3 is 24.1 Å². The Morgan fingerprint density at radius 2 is 1.70 bits per heavy atom. The fourth-order valence-corrected chi connectivity index (χ4v) is 7.64. The zero-order chi connectivity index (χ0) is 44.1. The minimum atomic E-state index is -4.71. The molecule has 2 N–H and O–H groups in total. The van der Waals surface area contributed by atoms with E-state index in [4.69, 9.17) is 18.9 Å². The third-order valence-electron chi connectivity index (χ3n) is 10.5. The monoisotopic (exact) mass is 850 g/mol. The Kier molecular flexibility index (Phi) is 17.7. The Labute approximate surface area is 350 Å². The van der Waals surface area contributed by atoms with Crippen LogP contribution in [0.5, 0.6) is 0 Å². The molecule has 0 spiro atoms. The second kappa shape index (κ2) is 22.0. The summed E-state index contributed by atoms with van der Waals surface area (Å²) >= 11 is 0. The smallest absolute Gasteiger partial charge is 0.422 e. The fourth-order valence-electron chi connectivity index (χ4n) is 7.64. The summed E-state index contributed by atoms with van der Waals surface area (Å²) in [6.07, 6.45) is 3.93. The number of rotatable bonds is 20. The summed E-state index contributed by atoms with van der Waals surface area (Å²) in [4.78, 5) is 67.8. The number of benzene rings is 1. The Morgan fingerprint density at radius 1 is 1.02 bits per heavy atom. The topological polar surface area (TPSA) is 167 Å². The molecule has 0 bridgehead atoms. The van der Waals surface area contributed by atoms with Gasteiger partial charge in [-0.15, -0.1) is 0 Å². The third kappa shape index (κ3) is 14.4. The number of nitrogens with zero attached hydrogens (tertiary/aromatic N) is 1. The standard InChI is InChI=1S/C44H61F3N2O11/c1-6-8-12-22-43(23-13-9-7-2)58-35-26-30(40(54)49-24-14-17-33(49)39(53)48-31(27-50)19-21-37(52)59-42(3,4)5)25-34(38(35)60-43)57-41(55)32-16-11-10-15-29(32)18-20-36(51)56-28-44(45,46)47/h10-11,15-16,18,20,26,31,33-35,38,50H,6-9,12-14,17,19,21-25,27-28H2,1-5H3,(H,48,53)/t31-,33+,34+,35+,38-/m0/s1. The van der Waals surface area contributed by atoms with Crippen LogP contribution >= 0.6 is 0 Å². The first kappa shape index (κ1) is 48.4. The second-order valence-electron chi connectivity index (χ2n) is 16.6. The summed E-state index contributed by atoms with van der Waals surface area (Å²) in [5.41, 5.74) is -0.232. The lowest BCUT2D eigenvalue weighted by molar-refractivity contribution is -0.190. The highest BCUT2D eigenvalue weighted by Gasteiger charge is 2.53. The summed E-state index contributed by atoms with van der Waals surface area (Å²) in [6, 6.07) is 4.46. The largest absolute Gasteiger partial charge is 0.460 e. The van der Waals surface area contributed by atoms with Gasteiger partial charge in [-0.05, 0) is 76.7 Å². The van der Waals surface area contributed by atoms with Crippen molar-refractivity contribution >= 4 is 35.8 Å². The maximum absolute atomic E-state index is 14.4. The average Bonchev–Trinajstić information content (AvgIpc) is 3.83. The minimum absolute atomic E-state index is 0.00815. The molecule has 0 saturated carbocycles. The van der Waals surface area contributed by atoms with E-state index in [0.29, 0.717) is 25.7 Å². The van der Waals surface area contributed by atoms with Crippen molar-refractivity contribution in [2.24, 2.45) is 0 Å². The molecule has 1 aromatic rings. The number of esters is 3. The van der Waals surface area contributed by atoms with Gasteiger partial charge in [0.2, 0.25) is 11.8 Å². The number of ether oxygens (including phenoxy) is 5. The molecule has 3 aliphatic rings. The number of amides is 2. The van der Waals surface area contributed by atoms with E-state index in [1.54, 1.807) is 39.0 Å². The van der Waals surface area contributed by atoms with Crippen molar-refractivity contribution in [3.8, 4) is 0 Å². The van der Waals surface area contributed by atoms with Gasteiger partial charge in [0.25, 0.3) is 0 Å². The van der Waals surface area contributed by atoms with Gasteiger partial charge in [-0.3, -0.25) is 14.4 Å². The van der Waals surface area contributed by atoms with Gasteiger partial charge < -0.3 is 39.0 Å². The Balaban J connectivity index is 1.58. The first-order chi connectivity index (χ1) is 28.4. The predicted octanol–water partition coefficient (Wildman–Crippen LogP) is 6.89. The fraction of sp³-hybridized carbons (Fsp3) is 0.659. The molecule has 334 valence electrons. The van der Waals surface area contributed by atoms with Crippen molar-refractivity contribution in [3.05, 3.63) is 53.1 Å². The molecule has 5 atom stereocenters. The van der Waals surface area contributed by atoms with Gasteiger partial charge in [0, 0.05) is 43.9 Å². The van der Waals surface area contributed by atoms with Crippen molar-refractivity contribution in [1.29, 1.82) is 0 Å². The van der Waals surface area contributed by atoms with Gasteiger partial charge in [-0.1, -0.05) is 57.7 Å². The third-order valence-corrected chi connectivity index (χ3v) is 10.5. The van der Waals surface area contributed by atoms with Crippen molar-refractivity contribution < 1.29 is 65.9 Å². The van der Waals surface area contributed by atoms with E-state index in [1.165, 1.54) is 17.0 Å². The van der Waals surface area contributed by atoms with E-state index in [-0.39, 0.29) is 42.5 Å². The van der Waals surface area contributed by atoms with E-state index in [2.05, 4.69) is 23.9 Å². The van der Waals surface area contributed by atoms with Crippen LogP contribution in [-0.4, -0.2) is 107 Å². The zero-order valence-electron chi connectivity index (χ0n) is 35.4. The Bertz CT molecular complexity index is 1700. The number of hydrogen-bond donors (Lipinski definition) is 2. The molecule has 4 rings (SSSR count). The number of aliphatic hydroxyl groups excluding tert-OH is 1. The molecule has 2 heterocycles. The molecule has 60 heavy (non-hydrogen) atoms. The van der Waals surface area contributed by atoms with Crippen LogP contribution in [0.2, 0.25) is 0 Å². The zero-order valence-corrected chi connectivity index (χ0v) is 35.4. The summed E-state index contributed by atoms with van der Waals surface area (Å²) in [6.45, 7) is 7.51. The predicted molar refractivity (Wildman–Crippen MR) is 214 cm³/mol. The SMILES string of the molecule is CCCCCC1(CCCCC)O[C@@H]2[C@@H](C=C(C(=O)N3CCC[C@@H]3C(=O)N[C@H](CO)CCC(=O)OC(C)(C)C)C[C@H]2OC(=O)c2ccccc2C=CC(=O)OCC(F)(F)F)O1. The normalized spacial score (nSPS) is 21.9. The minimum Gasteiger partial charge on any atom is -0.460 e. The van der Waals surface area contributed by atoms with Crippen molar-refractivity contribution in [2.45, 2.75) is 166 Å². The number of hydrogen-bond acceptors (Lipinski definition) is 11. The molecule has 0 radical (unpaired) electrons. The average molecular weight is 851 g/mol. The molecule has 1 aliphatic carbocycles. The lowest BCUT2D eigenvalue weighted by atomic mass is 9.91. The van der Waals surface area contributed by atoms with E-state index in [1.807, 2.05) is 0 Å². The number of alkyl halides is 3. The van der Waals surface area contributed by atoms with Crippen molar-refractivity contribution in [2.75, 3.05) is 19.8 Å². The van der Waals surface area contributed by atoms with E-state index in [9.17, 15) is 42.3 Å². The molecule has 16 heteroatoms. The molecule has 2 fully saturated rings. The lowest BCUT2D eigenvalue weighted by Gasteiger charge is -2.33. The lowest BCUT2D eigenvalue weighted by Crippen LogP contribution is -2.51. The van der Waals surface area contributed by atoms with Crippen LogP contribution in [-0.2, 0) is 42.9 Å². The number of nitrogens with one attached hydrogen (secondary N) is 1. The molecule has 2 saturated heterocycles. The van der Waals surface area contributed by atoms with E-state index >= 15 is 0 Å². The molecule has 0 aromatic heterocycles. The summed E-state index contributed by atoms with van der Waals surface area (Å²) in [7, 11) is 0. The van der Waals surface area contributed by atoms with Crippen LogP contribution in [0.4, 0.5) is 13.2 Å². The Hall–Kier alpha value is -4.28. The van der Waals surface area contributed by atoms with Gasteiger partial charge in [-0.25, -0.2) is 9.59 Å². The summed E-state index contributed by atoms with van der Waals surface area (Å²) < 4.78 is 66.9. The first-order valence-corrected chi connectivity index (χ1v) is 21.1. The highest BCUT2D eigenvalue weighted by Crippen LogP contribution is 2.44. The highest BCUT2D eigenvalue weighted by atomic mass is 19.4. The second-order valence-corrected chi connectivity index (χ2v) is 16.6. The van der Waals surface area contributed by atoms with E-state index in [0.717, 1.165) is 50.7 Å². The number of carbonyl (C=O) groups excluding carboxylic acids is 5. The van der Waals surface area contributed by atoms with Crippen LogP contribution in [0.15, 0.2) is 42.0 Å². The maximum Gasteiger partial charge on any atom is 0.422 e. The number of likely N-dealkylation sites (tertiary alicyclic amines) is 1. The van der Waals surface area contributed by atoms with Gasteiger partial charge in [0.15, 0.2) is 12.4 Å². The van der Waals surface area contributed by atoms with Gasteiger partial charge in [0.05, 0.1) is 18.2 Å². The number of aliphatic hydroxyl groups is 1. The van der Waals surface area contributed by atoms with Gasteiger partial charge in [-0.2, -0.15) is 13.2 Å². The van der Waals surface area contributed by atoms with Crippen LogP contribution in [0, 0.1) is 0 Å². The number of halogens is 3. The molecule has 13 nitrogen and oxygen atoms in total. The highest BCUT2D eigenvalue weighted by molar-refractivity contribution is 5.98. The molecule has 2 aliphatic heterocycles. The Morgan fingerprint density at radius 3 is 2.33 bits per heavy atom. The quantitative estimate of drug-likeness (QED) is 0.0607. The first-order valence-electron chi connectivity index (χ1n) is 21.1. The molecule has 1 aromatic carbocycles. The number of carbonyl (C=O) groups is 5. The number of unbranched alkanes of at least 4 members (excludes halogenated alkanes) is 4. The molecule has 0 unspecified atom stereocenters. The molecule has 2 amide bonds. The van der Waals surface area contributed by atoms with Gasteiger partial charge in [0.1, 0.15) is 30.0 Å². The molecular weight excluding hydrogens is 789 g/mol. The van der Waals surface area contributed by atoms with Crippen LogP contribution in [0.1, 0.15) is 134 Å². The van der Waals surface area contributed by atoms with Crippen molar-refractivity contribution in [3.63, 3.8) is 0 Å². The summed E-state index contributed by atoms with van der Waals surface area (Å²) in [5.74, 6) is -4.45. The molecular formula is C44H61F3N2O11. The van der Waals surface area contributed by atoms with E-state index < -0.39 is 90.9 Å². The van der Waals surface area contributed by atoms with Crippen LogP contribution < -0.4 is 5.32 Å². The van der Waals surface area contributed by atoms with Crippen LogP contribution in [0.3, 0.4) is 0 Å².